The van der Waals surface area contributed by atoms with Crippen molar-refractivity contribution in [1.29, 1.82) is 0 Å². The number of carboxylic acid groups (broad SMARTS) is 1. The van der Waals surface area contributed by atoms with Gasteiger partial charge in [-0.25, -0.2) is 4.79 Å². The van der Waals surface area contributed by atoms with Crippen molar-refractivity contribution in [2.24, 2.45) is 0 Å². The minimum Gasteiger partial charge on any atom is -0.497 e. The van der Waals surface area contributed by atoms with Gasteiger partial charge in [0.25, 0.3) is 5.91 Å². The minimum atomic E-state index is -5.08. The number of piperidine rings is 1. The molecule has 4 N–H and O–H groups in total. The number of aromatic nitrogens is 1. The third-order valence-corrected chi connectivity index (χ3v) is 5.18. The van der Waals surface area contributed by atoms with E-state index in [9.17, 15) is 18.0 Å². The third-order valence-electron chi connectivity index (χ3n) is 5.18. The molecule has 2 aliphatic heterocycles. The third kappa shape index (κ3) is 5.00. The van der Waals surface area contributed by atoms with Crippen LogP contribution in [0.4, 0.5) is 13.2 Å². The summed E-state index contributed by atoms with van der Waals surface area (Å²) < 4.78 is 37.0. The average molecular weight is 413 g/mol. The molecule has 2 bridgehead atoms. The summed E-state index contributed by atoms with van der Waals surface area (Å²) in [6.07, 6.45) is 1.25. The van der Waals surface area contributed by atoms with Gasteiger partial charge >= 0.3 is 12.1 Å². The summed E-state index contributed by atoms with van der Waals surface area (Å²) in [4.78, 5) is 24.7. The van der Waals surface area contributed by atoms with E-state index >= 15 is 0 Å². The fraction of sp³-hybridized carbons (Fsp3) is 0.474. The van der Waals surface area contributed by atoms with Crippen LogP contribution in [0, 0.1) is 0 Å². The fourth-order valence-corrected chi connectivity index (χ4v) is 3.85. The number of aliphatic carboxylic acids is 1. The van der Waals surface area contributed by atoms with Crippen molar-refractivity contribution in [3.63, 3.8) is 0 Å². The van der Waals surface area contributed by atoms with Gasteiger partial charge in [0.1, 0.15) is 5.75 Å². The number of nitrogens with one attached hydrogen (secondary N) is 3. The Morgan fingerprint density at radius 2 is 1.83 bits per heavy atom. The van der Waals surface area contributed by atoms with Gasteiger partial charge in [-0.15, -0.1) is 0 Å². The van der Waals surface area contributed by atoms with Crippen LogP contribution >= 0.6 is 0 Å². The lowest BCUT2D eigenvalue weighted by Crippen LogP contribution is -2.48. The van der Waals surface area contributed by atoms with Crippen molar-refractivity contribution in [3.8, 4) is 5.75 Å². The molecular weight excluding hydrogens is 391 g/mol. The monoisotopic (exact) mass is 413 g/mol. The standard InChI is InChI=1S/C17H21N3O2.C2HF3O2/c1-22-13-4-5-16-14(8-13)15(9-18-16)17(21)20-12-6-10-2-3-11(7-12)19-10;3-2(4,5)1(6)7/h4-5,8-12,18-19H,2-3,6-7H2,1H3,(H,20,21);(H,6,7)/t10-,11+,12?;. The maximum absolute atomic E-state index is 12.6. The van der Waals surface area contributed by atoms with Gasteiger partial charge in [-0.05, 0) is 43.9 Å². The SMILES string of the molecule is COc1ccc2[nH]cc(C(=O)NC3C[C@H]4CC[C@@H](C3)N4)c2c1.O=C(O)C(F)(F)F. The highest BCUT2D eigenvalue weighted by atomic mass is 19.4. The smallest absolute Gasteiger partial charge is 0.490 e. The summed E-state index contributed by atoms with van der Waals surface area (Å²) in [7, 11) is 1.64. The predicted octanol–water partition coefficient (Wildman–Crippen LogP) is 2.82. The van der Waals surface area contributed by atoms with Crippen molar-refractivity contribution in [1.82, 2.24) is 15.6 Å². The van der Waals surface area contributed by atoms with Crippen molar-refractivity contribution in [3.05, 3.63) is 30.0 Å². The highest BCUT2D eigenvalue weighted by molar-refractivity contribution is 6.07. The van der Waals surface area contributed by atoms with E-state index < -0.39 is 12.1 Å². The Balaban J connectivity index is 0.000000298. The number of halogens is 3. The highest BCUT2D eigenvalue weighted by Crippen LogP contribution is 2.28. The summed E-state index contributed by atoms with van der Waals surface area (Å²) >= 11 is 0. The van der Waals surface area contributed by atoms with E-state index in [0.717, 1.165) is 29.5 Å². The maximum atomic E-state index is 12.6. The summed E-state index contributed by atoms with van der Waals surface area (Å²) in [5.41, 5.74) is 1.65. The van der Waals surface area contributed by atoms with Gasteiger partial charge in [-0.2, -0.15) is 13.2 Å². The first-order chi connectivity index (χ1) is 13.7. The number of rotatable bonds is 3. The van der Waals surface area contributed by atoms with E-state index in [-0.39, 0.29) is 11.9 Å². The van der Waals surface area contributed by atoms with E-state index in [1.165, 1.54) is 12.8 Å². The van der Waals surface area contributed by atoms with Crippen molar-refractivity contribution in [2.75, 3.05) is 7.11 Å². The zero-order chi connectivity index (χ0) is 21.2. The van der Waals surface area contributed by atoms with Crippen molar-refractivity contribution >= 4 is 22.8 Å². The first-order valence-corrected chi connectivity index (χ1v) is 9.19. The molecule has 158 valence electrons. The molecule has 1 aromatic heterocycles. The number of ether oxygens (including phenoxy) is 1. The normalized spacial score (nSPS) is 23.2. The van der Waals surface area contributed by atoms with Crippen LogP contribution in [0.25, 0.3) is 10.9 Å². The number of aromatic amines is 1. The molecule has 2 aromatic rings. The Morgan fingerprint density at radius 3 is 2.38 bits per heavy atom. The van der Waals surface area contributed by atoms with Gasteiger partial charge < -0.3 is 25.5 Å². The van der Waals surface area contributed by atoms with Gasteiger partial charge in [0.05, 0.1) is 12.7 Å². The number of methoxy groups -OCH3 is 1. The minimum absolute atomic E-state index is 0.00537. The molecular formula is C19H22F3N3O4. The van der Waals surface area contributed by atoms with Gasteiger partial charge in [-0.3, -0.25) is 4.79 Å². The van der Waals surface area contributed by atoms with Crippen LogP contribution in [0.5, 0.6) is 5.75 Å². The van der Waals surface area contributed by atoms with Crippen LogP contribution in [-0.4, -0.2) is 53.4 Å². The van der Waals surface area contributed by atoms with Crippen LogP contribution < -0.4 is 15.4 Å². The molecule has 10 heteroatoms. The molecule has 29 heavy (non-hydrogen) atoms. The van der Waals surface area contributed by atoms with E-state index in [4.69, 9.17) is 14.6 Å². The highest BCUT2D eigenvalue weighted by Gasteiger charge is 2.38. The van der Waals surface area contributed by atoms with Crippen molar-refractivity contribution < 1.29 is 32.6 Å². The molecule has 1 amide bonds. The Bertz CT molecular complexity index is 884. The fourth-order valence-electron chi connectivity index (χ4n) is 3.85. The van der Waals surface area contributed by atoms with E-state index in [2.05, 4.69) is 15.6 Å². The number of alkyl halides is 3. The van der Waals surface area contributed by atoms with Crippen LogP contribution in [0.2, 0.25) is 0 Å². The number of benzene rings is 1. The Hall–Kier alpha value is -2.75. The first-order valence-electron chi connectivity index (χ1n) is 9.19. The molecule has 1 unspecified atom stereocenters. The molecule has 1 aromatic carbocycles. The molecule has 3 heterocycles. The molecule has 0 radical (unpaired) electrons. The molecule has 0 saturated carbocycles. The van der Waals surface area contributed by atoms with E-state index in [0.29, 0.717) is 17.6 Å². The van der Waals surface area contributed by atoms with Gasteiger partial charge in [0.15, 0.2) is 0 Å². The Morgan fingerprint density at radius 1 is 1.21 bits per heavy atom. The van der Waals surface area contributed by atoms with Gasteiger partial charge in [0, 0.05) is 35.2 Å². The lowest BCUT2D eigenvalue weighted by molar-refractivity contribution is -0.192. The average Bonchev–Trinajstić information content (AvgIpc) is 3.23. The Kier molecular flexibility index (Phi) is 6.02. The summed E-state index contributed by atoms with van der Waals surface area (Å²) in [5.74, 6) is -1.99. The molecule has 0 spiro atoms. The number of carbonyl (C=O) groups is 2. The summed E-state index contributed by atoms with van der Waals surface area (Å²) in [5, 5.41) is 14.8. The largest absolute Gasteiger partial charge is 0.497 e. The Labute approximate surface area is 164 Å². The van der Waals surface area contributed by atoms with Crippen LogP contribution in [0.1, 0.15) is 36.0 Å². The zero-order valence-electron chi connectivity index (χ0n) is 15.7. The number of H-pyrrole nitrogens is 1. The molecule has 2 saturated heterocycles. The molecule has 4 rings (SSSR count). The topological polar surface area (TPSA) is 103 Å². The van der Waals surface area contributed by atoms with E-state index in [1.54, 1.807) is 13.3 Å². The maximum Gasteiger partial charge on any atom is 0.490 e. The lowest BCUT2D eigenvalue weighted by atomic mass is 9.99. The van der Waals surface area contributed by atoms with E-state index in [1.807, 2.05) is 18.2 Å². The van der Waals surface area contributed by atoms with Gasteiger partial charge in [0.2, 0.25) is 0 Å². The van der Waals surface area contributed by atoms with Crippen LogP contribution in [-0.2, 0) is 4.79 Å². The molecule has 0 aliphatic carbocycles. The van der Waals surface area contributed by atoms with Gasteiger partial charge in [-0.1, -0.05) is 0 Å². The molecule has 2 aliphatic rings. The molecule has 2 fully saturated rings. The zero-order valence-corrected chi connectivity index (χ0v) is 15.7. The second-order valence-electron chi connectivity index (χ2n) is 7.20. The quantitative estimate of drug-likeness (QED) is 0.620. The second kappa shape index (κ2) is 8.32. The first kappa shape index (κ1) is 21.0. The molecule has 7 nitrogen and oxygen atoms in total. The van der Waals surface area contributed by atoms with Crippen molar-refractivity contribution in [2.45, 2.75) is 50.0 Å². The van der Waals surface area contributed by atoms with Crippen LogP contribution in [0.15, 0.2) is 24.4 Å². The number of amides is 1. The number of carbonyl (C=O) groups excluding carboxylic acids is 1. The summed E-state index contributed by atoms with van der Waals surface area (Å²) in [6.45, 7) is 0. The number of hydrogen-bond donors (Lipinski definition) is 4. The summed E-state index contributed by atoms with van der Waals surface area (Å²) in [6, 6.07) is 7.18. The number of hydrogen-bond acceptors (Lipinski definition) is 4. The number of carboxylic acids is 1. The second-order valence-corrected chi connectivity index (χ2v) is 7.20. The number of fused-ring (bicyclic) bond motifs is 3. The van der Waals surface area contributed by atoms with Crippen LogP contribution in [0.3, 0.4) is 0 Å². The predicted molar refractivity (Wildman–Crippen MR) is 99.0 cm³/mol. The lowest BCUT2D eigenvalue weighted by Gasteiger charge is -2.29. The molecule has 3 atom stereocenters.